The summed E-state index contributed by atoms with van der Waals surface area (Å²) in [5, 5.41) is 8.24. The maximum Gasteiger partial charge on any atom is 0.383 e. The second-order valence-electron chi connectivity index (χ2n) is 2.64. The molecular formula is C7H9F4NO3. The number of hydrogen-bond acceptors (Lipinski definition) is 2. The minimum absolute atomic E-state index is 0.147. The Morgan fingerprint density at radius 1 is 1.40 bits per heavy atom. The molecule has 0 saturated carbocycles. The first-order chi connectivity index (χ1) is 6.73. The van der Waals surface area contributed by atoms with Gasteiger partial charge in [0, 0.05) is 6.54 Å². The molecule has 0 aliphatic rings. The molecule has 0 aliphatic carbocycles. The highest BCUT2D eigenvalue weighted by Crippen LogP contribution is 2.25. The van der Waals surface area contributed by atoms with Crippen LogP contribution in [0.15, 0.2) is 0 Å². The molecule has 8 heteroatoms. The molecular weight excluding hydrogens is 222 g/mol. The Bertz CT molecular complexity index is 257. The maximum absolute atomic E-state index is 12.5. The van der Waals surface area contributed by atoms with E-state index in [1.807, 2.05) is 0 Å². The van der Waals surface area contributed by atoms with Crippen molar-refractivity contribution < 1.29 is 32.3 Å². The first-order valence-electron chi connectivity index (χ1n) is 3.90. The fourth-order valence-electron chi connectivity index (χ4n) is 0.795. The van der Waals surface area contributed by atoms with Crippen LogP contribution in [-0.2, 0) is 9.59 Å². The number of carboxylic acid groups (broad SMARTS) is 1. The summed E-state index contributed by atoms with van der Waals surface area (Å²) in [6.45, 7) is -0.201. The van der Waals surface area contributed by atoms with Gasteiger partial charge in [0.05, 0.1) is 0 Å². The molecule has 4 nitrogen and oxygen atoms in total. The van der Waals surface area contributed by atoms with Gasteiger partial charge in [0.25, 0.3) is 5.91 Å². The number of carbonyl (C=O) groups is 2. The monoisotopic (exact) mass is 231 g/mol. The number of carboxylic acids is 1. The van der Waals surface area contributed by atoms with Crippen LogP contribution in [0.4, 0.5) is 17.6 Å². The Kier molecular flexibility index (Phi) is 4.50. The molecule has 0 atom stereocenters. The zero-order valence-corrected chi connectivity index (χ0v) is 7.71. The van der Waals surface area contributed by atoms with Gasteiger partial charge in [-0.15, -0.1) is 0 Å². The summed E-state index contributed by atoms with van der Waals surface area (Å²) in [6.07, 6.45) is -4.15. The van der Waals surface area contributed by atoms with Gasteiger partial charge in [-0.3, -0.25) is 9.59 Å². The van der Waals surface area contributed by atoms with Gasteiger partial charge in [0.15, 0.2) is 0 Å². The summed E-state index contributed by atoms with van der Waals surface area (Å²) in [7, 11) is 0. The normalized spacial score (nSPS) is 11.6. The third-order valence-electron chi connectivity index (χ3n) is 1.55. The van der Waals surface area contributed by atoms with Crippen molar-refractivity contribution in [2.75, 3.05) is 13.1 Å². The average molecular weight is 231 g/mol. The van der Waals surface area contributed by atoms with Gasteiger partial charge in [-0.1, -0.05) is 0 Å². The number of amides is 1. The van der Waals surface area contributed by atoms with E-state index in [-0.39, 0.29) is 11.4 Å². The fourth-order valence-corrected chi connectivity index (χ4v) is 0.795. The zero-order valence-electron chi connectivity index (χ0n) is 7.71. The van der Waals surface area contributed by atoms with Crippen molar-refractivity contribution in [1.29, 1.82) is 0 Å². The number of aliphatic carboxylic acids is 1. The van der Waals surface area contributed by atoms with E-state index in [9.17, 15) is 27.2 Å². The molecule has 15 heavy (non-hydrogen) atoms. The Balaban J connectivity index is 4.72. The largest absolute Gasteiger partial charge is 0.480 e. The molecule has 0 heterocycles. The van der Waals surface area contributed by atoms with Gasteiger partial charge in [0.1, 0.15) is 6.54 Å². The van der Waals surface area contributed by atoms with Crippen LogP contribution in [0.2, 0.25) is 0 Å². The van der Waals surface area contributed by atoms with E-state index < -0.39 is 30.8 Å². The molecule has 0 radical (unpaired) electrons. The predicted octanol–water partition coefficient (Wildman–Crippen LogP) is 0.820. The SMILES string of the molecule is CCN(CC(=O)O)C(=O)C(F)(F)C(F)F. The van der Waals surface area contributed by atoms with Gasteiger partial charge in [0.2, 0.25) is 0 Å². The van der Waals surface area contributed by atoms with E-state index in [0.717, 1.165) is 0 Å². The number of carbonyl (C=O) groups excluding carboxylic acids is 1. The summed E-state index contributed by atoms with van der Waals surface area (Å²) in [6, 6.07) is 0. The summed E-state index contributed by atoms with van der Waals surface area (Å²) in [5.41, 5.74) is 0. The van der Waals surface area contributed by atoms with E-state index in [2.05, 4.69) is 0 Å². The minimum atomic E-state index is -4.84. The first-order valence-corrected chi connectivity index (χ1v) is 3.90. The molecule has 0 unspecified atom stereocenters. The Labute approximate surface area is 82.5 Å². The quantitative estimate of drug-likeness (QED) is 0.712. The van der Waals surface area contributed by atoms with E-state index in [4.69, 9.17) is 5.11 Å². The summed E-state index contributed by atoms with van der Waals surface area (Å²) in [5.74, 6) is -8.57. The van der Waals surface area contributed by atoms with Crippen molar-refractivity contribution in [3.05, 3.63) is 0 Å². The topological polar surface area (TPSA) is 57.6 Å². The number of halogens is 4. The summed E-state index contributed by atoms with van der Waals surface area (Å²) < 4.78 is 48.5. The molecule has 0 aromatic rings. The second kappa shape index (κ2) is 4.94. The lowest BCUT2D eigenvalue weighted by Crippen LogP contribution is -2.49. The van der Waals surface area contributed by atoms with Crippen LogP contribution in [0.3, 0.4) is 0 Å². The van der Waals surface area contributed by atoms with Crippen LogP contribution >= 0.6 is 0 Å². The Morgan fingerprint density at radius 2 is 1.87 bits per heavy atom. The number of likely N-dealkylation sites (N-methyl/N-ethyl adjacent to an activating group) is 1. The van der Waals surface area contributed by atoms with Crippen LogP contribution in [0, 0.1) is 0 Å². The smallest absolute Gasteiger partial charge is 0.383 e. The maximum atomic E-state index is 12.5. The van der Waals surface area contributed by atoms with Gasteiger partial charge in [-0.05, 0) is 6.92 Å². The van der Waals surface area contributed by atoms with Crippen molar-refractivity contribution in [2.24, 2.45) is 0 Å². The van der Waals surface area contributed by atoms with Crippen molar-refractivity contribution in [1.82, 2.24) is 4.90 Å². The van der Waals surface area contributed by atoms with E-state index in [1.165, 1.54) is 6.92 Å². The van der Waals surface area contributed by atoms with E-state index in [0.29, 0.717) is 0 Å². The summed E-state index contributed by atoms with van der Waals surface area (Å²) >= 11 is 0. The molecule has 0 fully saturated rings. The zero-order chi connectivity index (χ0) is 12.2. The van der Waals surface area contributed by atoms with E-state index >= 15 is 0 Å². The van der Waals surface area contributed by atoms with Crippen molar-refractivity contribution >= 4 is 11.9 Å². The second-order valence-corrected chi connectivity index (χ2v) is 2.64. The van der Waals surface area contributed by atoms with Crippen LogP contribution in [0.1, 0.15) is 6.92 Å². The van der Waals surface area contributed by atoms with Gasteiger partial charge in [-0.25, -0.2) is 8.78 Å². The minimum Gasteiger partial charge on any atom is -0.480 e. The molecule has 0 bridgehead atoms. The lowest BCUT2D eigenvalue weighted by atomic mass is 10.3. The lowest BCUT2D eigenvalue weighted by Gasteiger charge is -2.23. The van der Waals surface area contributed by atoms with Gasteiger partial charge in [-0.2, -0.15) is 8.78 Å². The Morgan fingerprint density at radius 3 is 2.13 bits per heavy atom. The van der Waals surface area contributed by atoms with Crippen molar-refractivity contribution in [3.8, 4) is 0 Å². The fraction of sp³-hybridized carbons (Fsp3) is 0.714. The van der Waals surface area contributed by atoms with E-state index in [1.54, 1.807) is 0 Å². The number of rotatable bonds is 5. The molecule has 1 amide bonds. The number of nitrogens with zero attached hydrogens (tertiary/aromatic N) is 1. The van der Waals surface area contributed by atoms with Crippen molar-refractivity contribution in [2.45, 2.75) is 19.3 Å². The third kappa shape index (κ3) is 3.37. The summed E-state index contributed by atoms with van der Waals surface area (Å²) in [4.78, 5) is 21.1. The highest BCUT2D eigenvalue weighted by atomic mass is 19.3. The van der Waals surface area contributed by atoms with Crippen LogP contribution in [-0.4, -0.2) is 47.3 Å². The molecule has 0 aliphatic heterocycles. The van der Waals surface area contributed by atoms with Crippen molar-refractivity contribution in [3.63, 3.8) is 0 Å². The molecule has 0 rings (SSSR count). The molecule has 1 N–H and O–H groups in total. The molecule has 0 aromatic carbocycles. The molecule has 0 saturated heterocycles. The van der Waals surface area contributed by atoms with Crippen LogP contribution < -0.4 is 0 Å². The first kappa shape index (κ1) is 13.7. The molecule has 0 spiro atoms. The average Bonchev–Trinajstić information content (AvgIpc) is 2.12. The number of hydrogen-bond donors (Lipinski definition) is 1. The highest BCUT2D eigenvalue weighted by molar-refractivity contribution is 5.87. The molecule has 0 aromatic heterocycles. The number of alkyl halides is 4. The van der Waals surface area contributed by atoms with Gasteiger partial charge >= 0.3 is 18.3 Å². The Hall–Kier alpha value is -1.34. The predicted molar refractivity (Wildman–Crippen MR) is 40.8 cm³/mol. The highest BCUT2D eigenvalue weighted by Gasteiger charge is 2.51. The lowest BCUT2D eigenvalue weighted by molar-refractivity contribution is -0.181. The molecule has 88 valence electrons. The third-order valence-corrected chi connectivity index (χ3v) is 1.55. The van der Waals surface area contributed by atoms with Crippen LogP contribution in [0.25, 0.3) is 0 Å². The van der Waals surface area contributed by atoms with Crippen LogP contribution in [0.5, 0.6) is 0 Å². The van der Waals surface area contributed by atoms with Gasteiger partial charge < -0.3 is 10.0 Å². The standard InChI is InChI=1S/C7H9F4NO3/c1-2-12(3-4(13)14)6(15)7(10,11)5(8)9/h5H,2-3H2,1H3,(H,13,14).